The fraction of sp³-hybridized carbons (Fsp3) is 0.217. The van der Waals surface area contributed by atoms with Crippen molar-refractivity contribution < 1.29 is 5.32 Å². The quantitative estimate of drug-likeness (QED) is 0.504. The molecular weight excluding hydrogens is 366 g/mol. The second-order valence-electron chi connectivity index (χ2n) is 6.95. The van der Waals surface area contributed by atoms with E-state index < -0.39 is 0 Å². The Bertz CT molecular complexity index is 1100. The lowest BCUT2D eigenvalue weighted by Crippen LogP contribution is -2.84. The van der Waals surface area contributed by atoms with Gasteiger partial charge in [0, 0.05) is 5.56 Å². The third-order valence-electron chi connectivity index (χ3n) is 4.94. The largest absolute Gasteiger partial charge is 0.329 e. The zero-order chi connectivity index (χ0) is 19.3. The average molecular weight is 391 g/mol. The first-order valence-electron chi connectivity index (χ1n) is 9.68. The first-order chi connectivity index (χ1) is 13.7. The summed E-state index contributed by atoms with van der Waals surface area (Å²) in [7, 11) is 0. The summed E-state index contributed by atoms with van der Waals surface area (Å²) in [6, 6.07) is 20.8. The summed E-state index contributed by atoms with van der Waals surface area (Å²) in [5.41, 5.74) is 3.30. The number of quaternary nitrogens is 1. The monoisotopic (exact) mass is 390 g/mol. The molecule has 2 aromatic heterocycles. The molecule has 0 radical (unpaired) electrons. The number of H-pyrrole nitrogens is 1. The van der Waals surface area contributed by atoms with Crippen molar-refractivity contribution in [3.8, 4) is 0 Å². The molecule has 0 saturated carbocycles. The fourth-order valence-electron chi connectivity index (χ4n) is 3.53. The lowest BCUT2D eigenvalue weighted by Gasteiger charge is -2.15. The lowest BCUT2D eigenvalue weighted by molar-refractivity contribution is -0.702. The van der Waals surface area contributed by atoms with Gasteiger partial charge in [0.15, 0.2) is 5.82 Å². The van der Waals surface area contributed by atoms with Gasteiger partial charge in [0.1, 0.15) is 12.6 Å². The van der Waals surface area contributed by atoms with Gasteiger partial charge in [-0.25, -0.2) is 4.98 Å². The van der Waals surface area contributed by atoms with Gasteiger partial charge in [-0.2, -0.15) is 0 Å². The highest BCUT2D eigenvalue weighted by Crippen LogP contribution is 2.23. The molecule has 0 unspecified atom stereocenters. The van der Waals surface area contributed by atoms with Crippen LogP contribution in [0.5, 0.6) is 0 Å². The molecule has 0 saturated heterocycles. The minimum atomic E-state index is -0.0782. The Morgan fingerprint density at radius 1 is 1.07 bits per heavy atom. The van der Waals surface area contributed by atoms with Crippen LogP contribution in [0.25, 0.3) is 10.9 Å². The number of rotatable bonds is 7. The Labute approximate surface area is 168 Å². The Morgan fingerprint density at radius 2 is 1.89 bits per heavy atom. The number of hydrogen-bond acceptors (Lipinski definition) is 3. The molecule has 4 rings (SSSR count). The topological polar surface area (TPSA) is 62.4 Å². The number of aryl methyl sites for hydroxylation is 1. The molecule has 0 amide bonds. The normalized spacial score (nSPS) is 12.3. The van der Waals surface area contributed by atoms with Gasteiger partial charge >= 0.3 is 0 Å². The average Bonchev–Trinajstić information content (AvgIpc) is 3.24. The number of aromatic amines is 1. The summed E-state index contributed by atoms with van der Waals surface area (Å²) in [4.78, 5) is 21.2. The first-order valence-corrected chi connectivity index (χ1v) is 10.6. The van der Waals surface area contributed by atoms with Crippen LogP contribution in [-0.2, 0) is 13.0 Å². The van der Waals surface area contributed by atoms with Gasteiger partial charge in [0.05, 0.1) is 15.8 Å². The molecule has 5 heteroatoms. The van der Waals surface area contributed by atoms with Crippen molar-refractivity contribution >= 4 is 22.2 Å². The van der Waals surface area contributed by atoms with E-state index in [0.29, 0.717) is 17.8 Å². The van der Waals surface area contributed by atoms with Crippen LogP contribution in [0.3, 0.4) is 0 Å². The van der Waals surface area contributed by atoms with Crippen LogP contribution in [-0.4, -0.2) is 9.97 Å². The van der Waals surface area contributed by atoms with E-state index in [4.69, 9.17) is 0 Å². The summed E-state index contributed by atoms with van der Waals surface area (Å²) in [5, 5.41) is 4.98. The zero-order valence-electron chi connectivity index (χ0n) is 15.9. The Kier molecular flexibility index (Phi) is 5.65. The number of nitrogens with one attached hydrogen (secondary N) is 1. The number of fused-ring (bicyclic) bond motifs is 1. The molecule has 0 aliphatic heterocycles. The Morgan fingerprint density at radius 3 is 2.64 bits per heavy atom. The van der Waals surface area contributed by atoms with E-state index in [2.05, 4.69) is 64.0 Å². The van der Waals surface area contributed by atoms with Gasteiger partial charge in [-0.1, -0.05) is 55.8 Å². The number of benzene rings is 2. The van der Waals surface area contributed by atoms with Crippen LogP contribution >= 0.6 is 11.3 Å². The van der Waals surface area contributed by atoms with Crippen LogP contribution in [0, 0.1) is 0 Å². The van der Waals surface area contributed by atoms with E-state index in [1.807, 2.05) is 18.2 Å². The van der Waals surface area contributed by atoms with Crippen molar-refractivity contribution in [2.45, 2.75) is 32.4 Å². The maximum absolute atomic E-state index is 12.3. The third-order valence-corrected chi connectivity index (χ3v) is 5.89. The van der Waals surface area contributed by atoms with Crippen LogP contribution in [0.15, 0.2) is 70.8 Å². The molecule has 1 atom stereocenters. The standard InChI is InChI=1S/C23H23N3OS/c1-2-6-16-10-12-17(13-11-16)22(20-9-5-14-28-20)24-15-21-25-19-8-4-3-7-18(19)23(27)26-21/h3-5,7-14,22,24H,2,6,15H2,1H3,(H,25,26,27)/p+1/t22-/m1/s1. The maximum Gasteiger partial charge on any atom is 0.258 e. The molecule has 2 heterocycles. The minimum Gasteiger partial charge on any atom is -0.329 e. The number of nitrogens with zero attached hydrogens (tertiary/aromatic N) is 1. The molecule has 0 spiro atoms. The van der Waals surface area contributed by atoms with E-state index in [1.165, 1.54) is 16.0 Å². The van der Waals surface area contributed by atoms with Crippen molar-refractivity contribution in [2.24, 2.45) is 0 Å². The molecule has 0 aliphatic rings. The van der Waals surface area contributed by atoms with Crippen LogP contribution in [0.2, 0.25) is 0 Å². The van der Waals surface area contributed by atoms with Gasteiger partial charge in [-0.15, -0.1) is 11.3 Å². The van der Waals surface area contributed by atoms with E-state index in [9.17, 15) is 4.79 Å². The van der Waals surface area contributed by atoms with Gasteiger partial charge in [0.25, 0.3) is 5.56 Å². The summed E-state index contributed by atoms with van der Waals surface area (Å²) in [6.45, 7) is 2.81. The summed E-state index contributed by atoms with van der Waals surface area (Å²) in [6.07, 6.45) is 2.26. The molecule has 142 valence electrons. The van der Waals surface area contributed by atoms with Gasteiger partial charge < -0.3 is 10.3 Å². The first kappa shape index (κ1) is 18.6. The zero-order valence-corrected chi connectivity index (χ0v) is 16.7. The van der Waals surface area contributed by atoms with Gasteiger partial charge in [-0.3, -0.25) is 4.79 Å². The number of nitrogens with two attached hydrogens (primary N) is 1. The molecule has 3 N–H and O–H groups in total. The highest BCUT2D eigenvalue weighted by molar-refractivity contribution is 7.10. The highest BCUT2D eigenvalue weighted by Gasteiger charge is 2.19. The summed E-state index contributed by atoms with van der Waals surface area (Å²) >= 11 is 1.76. The molecule has 4 nitrogen and oxygen atoms in total. The SMILES string of the molecule is CCCc1ccc([C@@H]([NH2+]Cc2nc3ccccc3c(=O)[nH]2)c2cccs2)cc1. The molecular formula is C23H24N3OS+. The molecule has 0 bridgehead atoms. The lowest BCUT2D eigenvalue weighted by atomic mass is 10.0. The Balaban J connectivity index is 1.59. The second kappa shape index (κ2) is 8.50. The van der Waals surface area contributed by atoms with Crippen molar-refractivity contribution in [1.82, 2.24) is 9.97 Å². The van der Waals surface area contributed by atoms with E-state index in [0.717, 1.165) is 18.4 Å². The maximum atomic E-state index is 12.3. The van der Waals surface area contributed by atoms with Crippen LogP contribution < -0.4 is 10.9 Å². The molecule has 2 aromatic carbocycles. The fourth-order valence-corrected chi connectivity index (χ4v) is 4.38. The van der Waals surface area contributed by atoms with Crippen molar-refractivity contribution in [3.05, 3.63) is 98.2 Å². The molecule has 0 fully saturated rings. The second-order valence-corrected chi connectivity index (χ2v) is 7.93. The molecule has 4 aromatic rings. The number of hydrogen-bond donors (Lipinski definition) is 2. The van der Waals surface area contributed by atoms with Crippen molar-refractivity contribution in [1.29, 1.82) is 0 Å². The van der Waals surface area contributed by atoms with Gasteiger partial charge in [0.2, 0.25) is 0 Å². The third kappa shape index (κ3) is 4.06. The minimum absolute atomic E-state index is 0.0782. The highest BCUT2D eigenvalue weighted by atomic mass is 32.1. The molecule has 0 aliphatic carbocycles. The van der Waals surface area contributed by atoms with E-state index >= 15 is 0 Å². The van der Waals surface area contributed by atoms with Crippen molar-refractivity contribution in [3.63, 3.8) is 0 Å². The molecule has 28 heavy (non-hydrogen) atoms. The number of aromatic nitrogens is 2. The van der Waals surface area contributed by atoms with Gasteiger partial charge in [-0.05, 0) is 35.6 Å². The van der Waals surface area contributed by atoms with Crippen molar-refractivity contribution in [2.75, 3.05) is 0 Å². The predicted octanol–water partition coefficient (Wildman–Crippen LogP) is 3.79. The summed E-state index contributed by atoms with van der Waals surface area (Å²) in [5.74, 6) is 0.702. The van der Waals surface area contributed by atoms with Crippen LogP contribution in [0.1, 0.15) is 41.2 Å². The Hall–Kier alpha value is -2.76. The smallest absolute Gasteiger partial charge is 0.258 e. The predicted molar refractivity (Wildman–Crippen MR) is 115 cm³/mol. The number of thiophene rings is 1. The van der Waals surface area contributed by atoms with E-state index in [1.54, 1.807) is 17.4 Å². The van der Waals surface area contributed by atoms with E-state index in [-0.39, 0.29) is 11.6 Å². The van der Waals surface area contributed by atoms with Crippen LogP contribution in [0.4, 0.5) is 0 Å². The summed E-state index contributed by atoms with van der Waals surface area (Å²) < 4.78 is 0. The number of para-hydroxylation sites is 1.